The van der Waals surface area contributed by atoms with E-state index in [2.05, 4.69) is 33.6 Å². The van der Waals surface area contributed by atoms with Gasteiger partial charge in [-0.05, 0) is 82.1 Å². The average molecular weight is 562 g/mol. The summed E-state index contributed by atoms with van der Waals surface area (Å²) in [5.41, 5.74) is 0.773. The molecule has 1 fully saturated rings. The first kappa shape index (κ1) is 27.8. The number of imidazole rings is 1. The Bertz CT molecular complexity index is 1500. The molecule has 0 unspecified atom stereocenters. The molecule has 1 aromatic carbocycles. The van der Waals surface area contributed by atoms with Gasteiger partial charge in [0.2, 0.25) is 0 Å². The number of aryl methyl sites for hydroxylation is 1. The summed E-state index contributed by atoms with van der Waals surface area (Å²) in [6.45, 7) is 8.07. The van der Waals surface area contributed by atoms with Gasteiger partial charge in [-0.15, -0.1) is 0 Å². The van der Waals surface area contributed by atoms with Gasteiger partial charge in [0.15, 0.2) is 15.5 Å². The Morgan fingerprint density at radius 1 is 1.03 bits per heavy atom. The lowest BCUT2D eigenvalue weighted by Crippen LogP contribution is -2.47. The van der Waals surface area contributed by atoms with Crippen LogP contribution < -0.4 is 0 Å². The highest BCUT2D eigenvalue weighted by Gasteiger charge is 2.37. The minimum Gasteiger partial charge on any atom is -0.327 e. The van der Waals surface area contributed by atoms with E-state index in [9.17, 15) is 21.6 Å². The zero-order valence-corrected chi connectivity index (χ0v) is 23.5. The standard InChI is InChI=1S/C28H34F3N5O2S/c1-18(2)35-15-11-21(12-16-35)36-13-9-19(10-14-36)23-17-24-25(26(32-23)28(29,30)31)33-27(34(24)3)20-5-7-22(8-6-20)39(4,37)38/h5-9,17-18,21H,10-16H2,1-4H3. The van der Waals surface area contributed by atoms with E-state index in [0.717, 1.165) is 44.3 Å². The van der Waals surface area contributed by atoms with Crippen LogP contribution in [0, 0.1) is 0 Å². The largest absolute Gasteiger partial charge is 0.435 e. The fraction of sp³-hybridized carbons (Fsp3) is 0.500. The maximum atomic E-state index is 14.2. The highest BCUT2D eigenvalue weighted by atomic mass is 32.2. The van der Waals surface area contributed by atoms with Gasteiger partial charge < -0.3 is 9.47 Å². The van der Waals surface area contributed by atoms with Gasteiger partial charge in [-0.25, -0.2) is 18.4 Å². The second-order valence-electron chi connectivity index (χ2n) is 10.8. The molecule has 39 heavy (non-hydrogen) atoms. The third-order valence-corrected chi connectivity index (χ3v) is 9.12. The Morgan fingerprint density at radius 3 is 2.23 bits per heavy atom. The molecule has 11 heteroatoms. The molecule has 0 radical (unpaired) electrons. The van der Waals surface area contributed by atoms with E-state index in [0.29, 0.717) is 47.6 Å². The van der Waals surface area contributed by atoms with Crippen LogP contribution in [0.1, 0.15) is 44.5 Å². The maximum Gasteiger partial charge on any atom is 0.435 e. The minimum atomic E-state index is -4.67. The van der Waals surface area contributed by atoms with E-state index in [-0.39, 0.29) is 10.4 Å². The smallest absolute Gasteiger partial charge is 0.327 e. The van der Waals surface area contributed by atoms with Crippen molar-refractivity contribution in [2.75, 3.05) is 32.4 Å². The molecule has 4 heterocycles. The summed E-state index contributed by atoms with van der Waals surface area (Å²) in [4.78, 5) is 13.5. The van der Waals surface area contributed by atoms with Crippen molar-refractivity contribution in [1.82, 2.24) is 24.3 Å². The van der Waals surface area contributed by atoms with Gasteiger partial charge in [0, 0.05) is 44.0 Å². The first-order chi connectivity index (χ1) is 18.3. The van der Waals surface area contributed by atoms with Crippen molar-refractivity contribution in [2.45, 2.75) is 56.3 Å². The molecule has 0 aliphatic carbocycles. The Hall–Kier alpha value is -2.76. The van der Waals surface area contributed by atoms with Gasteiger partial charge in [-0.2, -0.15) is 13.2 Å². The molecule has 0 atom stereocenters. The van der Waals surface area contributed by atoms with Crippen molar-refractivity contribution in [2.24, 2.45) is 7.05 Å². The number of fused-ring (bicyclic) bond motifs is 1. The van der Waals surface area contributed by atoms with Crippen molar-refractivity contribution in [1.29, 1.82) is 0 Å². The van der Waals surface area contributed by atoms with Crippen molar-refractivity contribution < 1.29 is 21.6 Å². The topological polar surface area (TPSA) is 71.3 Å². The fourth-order valence-corrected chi connectivity index (χ4v) is 6.30. The van der Waals surface area contributed by atoms with Crippen LogP contribution in [0.5, 0.6) is 0 Å². The van der Waals surface area contributed by atoms with Crippen LogP contribution >= 0.6 is 0 Å². The van der Waals surface area contributed by atoms with Gasteiger partial charge in [-0.1, -0.05) is 6.08 Å². The Kier molecular flexibility index (Phi) is 7.36. The Labute approximate surface area is 227 Å². The van der Waals surface area contributed by atoms with E-state index < -0.39 is 21.7 Å². The molecule has 2 aliphatic heterocycles. The second kappa shape index (κ2) is 10.3. The number of hydrogen-bond acceptors (Lipinski definition) is 6. The fourth-order valence-electron chi connectivity index (χ4n) is 5.67. The van der Waals surface area contributed by atoms with Gasteiger partial charge in [0.1, 0.15) is 11.3 Å². The zero-order chi connectivity index (χ0) is 28.1. The van der Waals surface area contributed by atoms with Crippen LogP contribution in [0.2, 0.25) is 0 Å². The third-order valence-electron chi connectivity index (χ3n) is 7.99. The van der Waals surface area contributed by atoms with Crippen LogP contribution in [0.4, 0.5) is 13.2 Å². The molecule has 210 valence electrons. The first-order valence-corrected chi connectivity index (χ1v) is 15.1. The van der Waals surface area contributed by atoms with Crippen LogP contribution in [-0.2, 0) is 23.1 Å². The van der Waals surface area contributed by atoms with Crippen molar-refractivity contribution in [3.8, 4) is 11.4 Å². The number of likely N-dealkylation sites (tertiary alicyclic amines) is 1. The third kappa shape index (κ3) is 5.62. The van der Waals surface area contributed by atoms with Crippen molar-refractivity contribution in [3.63, 3.8) is 0 Å². The van der Waals surface area contributed by atoms with E-state index in [1.54, 1.807) is 29.8 Å². The highest BCUT2D eigenvalue weighted by molar-refractivity contribution is 7.90. The lowest BCUT2D eigenvalue weighted by Gasteiger charge is -2.41. The molecular weight excluding hydrogens is 527 g/mol. The summed E-state index contributed by atoms with van der Waals surface area (Å²) in [5.74, 6) is 0.311. The number of hydrogen-bond donors (Lipinski definition) is 0. The summed E-state index contributed by atoms with van der Waals surface area (Å²) >= 11 is 0. The highest BCUT2D eigenvalue weighted by Crippen LogP contribution is 2.37. The summed E-state index contributed by atoms with van der Waals surface area (Å²) in [5, 5.41) is 0. The summed E-state index contributed by atoms with van der Waals surface area (Å²) < 4.78 is 67.8. The maximum absolute atomic E-state index is 14.2. The number of halogens is 3. The van der Waals surface area contributed by atoms with E-state index in [4.69, 9.17) is 0 Å². The van der Waals surface area contributed by atoms with Crippen molar-refractivity contribution >= 4 is 26.4 Å². The van der Waals surface area contributed by atoms with Crippen LogP contribution in [0.15, 0.2) is 41.3 Å². The summed E-state index contributed by atoms with van der Waals surface area (Å²) in [6, 6.07) is 8.71. The molecule has 3 aromatic rings. The lowest BCUT2D eigenvalue weighted by atomic mass is 9.97. The molecule has 2 aliphatic rings. The zero-order valence-electron chi connectivity index (χ0n) is 22.7. The molecule has 5 rings (SSSR count). The molecule has 0 N–H and O–H groups in total. The molecule has 2 aromatic heterocycles. The predicted octanol–water partition coefficient (Wildman–Crippen LogP) is 5.02. The molecule has 0 saturated carbocycles. The van der Waals surface area contributed by atoms with E-state index in [1.807, 2.05) is 6.08 Å². The van der Waals surface area contributed by atoms with Crippen molar-refractivity contribution in [3.05, 3.63) is 47.8 Å². The molecule has 1 saturated heterocycles. The number of aromatic nitrogens is 3. The second-order valence-corrected chi connectivity index (χ2v) is 12.9. The lowest BCUT2D eigenvalue weighted by molar-refractivity contribution is -0.139. The number of benzene rings is 1. The SMILES string of the molecule is CC(C)N1CCC(N2CC=C(c3cc4c(nc(-c5ccc(S(C)(=O)=O)cc5)n4C)c(C(F)(F)F)n3)CC2)CC1. The number of nitrogens with zero attached hydrogens (tertiary/aromatic N) is 5. The minimum absolute atomic E-state index is 0.133. The van der Waals surface area contributed by atoms with Gasteiger partial charge >= 0.3 is 6.18 Å². The van der Waals surface area contributed by atoms with Crippen LogP contribution in [-0.4, -0.2) is 77.3 Å². The number of sulfone groups is 1. The molecule has 0 bridgehead atoms. The van der Waals surface area contributed by atoms with E-state index >= 15 is 0 Å². The molecule has 7 nitrogen and oxygen atoms in total. The first-order valence-electron chi connectivity index (χ1n) is 13.3. The summed E-state index contributed by atoms with van der Waals surface area (Å²) in [6.07, 6.45) is 1.30. The Morgan fingerprint density at radius 2 is 1.69 bits per heavy atom. The van der Waals surface area contributed by atoms with Gasteiger partial charge in [0.25, 0.3) is 0 Å². The van der Waals surface area contributed by atoms with Crippen LogP contribution in [0.25, 0.3) is 28.0 Å². The number of piperidine rings is 1. The number of pyridine rings is 1. The predicted molar refractivity (Wildman–Crippen MR) is 146 cm³/mol. The molecule has 0 amide bonds. The summed E-state index contributed by atoms with van der Waals surface area (Å²) in [7, 11) is -1.73. The quantitative estimate of drug-likeness (QED) is 0.436. The Balaban J connectivity index is 1.46. The van der Waals surface area contributed by atoms with Gasteiger partial charge in [-0.3, -0.25) is 4.90 Å². The number of rotatable bonds is 5. The number of alkyl halides is 3. The van der Waals surface area contributed by atoms with E-state index in [1.165, 1.54) is 12.1 Å². The molecule has 0 spiro atoms. The van der Waals surface area contributed by atoms with Crippen LogP contribution in [0.3, 0.4) is 0 Å². The normalized spacial score (nSPS) is 18.7. The average Bonchev–Trinajstić information content (AvgIpc) is 3.23. The van der Waals surface area contributed by atoms with Gasteiger partial charge in [0.05, 0.1) is 16.1 Å². The molecular formula is C28H34F3N5O2S. The monoisotopic (exact) mass is 561 g/mol.